The third kappa shape index (κ3) is 1.62. The highest BCUT2D eigenvalue weighted by atomic mass is 14.4. The zero-order chi connectivity index (χ0) is 10.9. The standard InChI is InChI=1S/C15H20/c1-4-10-15(3)11-12(5-2)13-8-6-7-9-14(13)15/h5-9H,4,10-11H2,1-3H3/b12-5+. The molecule has 80 valence electrons. The lowest BCUT2D eigenvalue weighted by Gasteiger charge is -2.24. The van der Waals surface area contributed by atoms with Crippen LogP contribution in [0.15, 0.2) is 30.3 Å². The number of hydrogen-bond donors (Lipinski definition) is 0. The molecule has 0 bridgehead atoms. The average Bonchev–Trinajstić information content (AvgIpc) is 2.54. The Morgan fingerprint density at radius 1 is 1.33 bits per heavy atom. The second-order valence-corrected chi connectivity index (χ2v) is 4.85. The molecule has 2 rings (SSSR count). The predicted octanol–water partition coefficient (Wildman–Crippen LogP) is 4.55. The van der Waals surface area contributed by atoms with E-state index in [1.807, 2.05) is 0 Å². The smallest absolute Gasteiger partial charge is 0.00289 e. The molecule has 1 unspecified atom stereocenters. The molecule has 0 radical (unpaired) electrons. The van der Waals surface area contributed by atoms with Gasteiger partial charge in [0.15, 0.2) is 0 Å². The summed E-state index contributed by atoms with van der Waals surface area (Å²) in [6.07, 6.45) is 6.06. The van der Waals surface area contributed by atoms with Crippen LogP contribution < -0.4 is 0 Å². The molecule has 0 aromatic heterocycles. The van der Waals surface area contributed by atoms with Crippen molar-refractivity contribution in [3.05, 3.63) is 41.5 Å². The molecule has 1 aliphatic rings. The van der Waals surface area contributed by atoms with E-state index in [0.717, 1.165) is 0 Å². The van der Waals surface area contributed by atoms with Gasteiger partial charge in [-0.2, -0.15) is 0 Å². The molecule has 0 amide bonds. The van der Waals surface area contributed by atoms with E-state index in [9.17, 15) is 0 Å². The van der Waals surface area contributed by atoms with Gasteiger partial charge in [-0.05, 0) is 41.9 Å². The van der Waals surface area contributed by atoms with E-state index in [4.69, 9.17) is 0 Å². The third-order valence-corrected chi connectivity index (χ3v) is 3.65. The first-order valence-electron chi connectivity index (χ1n) is 5.96. The van der Waals surface area contributed by atoms with Crippen LogP contribution in [0.2, 0.25) is 0 Å². The zero-order valence-electron chi connectivity index (χ0n) is 10.0. The molecular formula is C15H20. The Hall–Kier alpha value is -1.04. The third-order valence-electron chi connectivity index (χ3n) is 3.65. The van der Waals surface area contributed by atoms with E-state index in [1.54, 1.807) is 5.56 Å². The molecule has 0 nitrogen and oxygen atoms in total. The molecule has 1 aromatic rings. The molecule has 1 aromatic carbocycles. The topological polar surface area (TPSA) is 0 Å². The van der Waals surface area contributed by atoms with Crippen molar-refractivity contribution in [1.82, 2.24) is 0 Å². The normalized spacial score (nSPS) is 27.0. The van der Waals surface area contributed by atoms with Gasteiger partial charge in [0.1, 0.15) is 0 Å². The lowest BCUT2D eigenvalue weighted by Crippen LogP contribution is -2.17. The molecule has 0 saturated carbocycles. The first kappa shape index (κ1) is 10.5. The highest BCUT2D eigenvalue weighted by molar-refractivity contribution is 5.75. The largest absolute Gasteiger partial charge is 0.0838 e. The van der Waals surface area contributed by atoms with Gasteiger partial charge < -0.3 is 0 Å². The van der Waals surface area contributed by atoms with E-state index >= 15 is 0 Å². The van der Waals surface area contributed by atoms with Gasteiger partial charge in [0.05, 0.1) is 0 Å². The molecule has 0 N–H and O–H groups in total. The van der Waals surface area contributed by atoms with E-state index in [1.165, 1.54) is 30.4 Å². The van der Waals surface area contributed by atoms with Crippen LogP contribution in [0, 0.1) is 0 Å². The fraction of sp³-hybridized carbons (Fsp3) is 0.467. The number of hydrogen-bond acceptors (Lipinski definition) is 0. The fourth-order valence-electron chi connectivity index (χ4n) is 2.93. The Bertz CT molecular complexity index is 387. The van der Waals surface area contributed by atoms with Crippen molar-refractivity contribution in [2.45, 2.75) is 45.4 Å². The van der Waals surface area contributed by atoms with E-state index in [-0.39, 0.29) is 0 Å². The van der Waals surface area contributed by atoms with Crippen molar-refractivity contribution in [2.24, 2.45) is 0 Å². The first-order valence-corrected chi connectivity index (χ1v) is 5.96. The minimum absolute atomic E-state index is 0.382. The van der Waals surface area contributed by atoms with Crippen molar-refractivity contribution in [2.75, 3.05) is 0 Å². The van der Waals surface area contributed by atoms with Crippen LogP contribution in [0.4, 0.5) is 0 Å². The first-order chi connectivity index (χ1) is 7.21. The fourth-order valence-corrected chi connectivity index (χ4v) is 2.93. The average molecular weight is 200 g/mol. The summed E-state index contributed by atoms with van der Waals surface area (Å²) in [6, 6.07) is 8.90. The van der Waals surface area contributed by atoms with Crippen molar-refractivity contribution in [3.63, 3.8) is 0 Å². The zero-order valence-corrected chi connectivity index (χ0v) is 10.0. The molecular weight excluding hydrogens is 180 g/mol. The Labute approximate surface area is 93.0 Å². The van der Waals surface area contributed by atoms with Gasteiger partial charge in [0.2, 0.25) is 0 Å². The summed E-state index contributed by atoms with van der Waals surface area (Å²) in [5.74, 6) is 0. The highest BCUT2D eigenvalue weighted by Crippen LogP contribution is 2.47. The Morgan fingerprint density at radius 2 is 2.07 bits per heavy atom. The maximum Gasteiger partial charge on any atom is -0.00289 e. The highest BCUT2D eigenvalue weighted by Gasteiger charge is 2.35. The molecule has 0 saturated heterocycles. The van der Waals surface area contributed by atoms with Crippen molar-refractivity contribution < 1.29 is 0 Å². The monoisotopic (exact) mass is 200 g/mol. The number of fused-ring (bicyclic) bond motifs is 1. The van der Waals surface area contributed by atoms with Gasteiger partial charge in [-0.25, -0.2) is 0 Å². The molecule has 0 aliphatic heterocycles. The summed E-state index contributed by atoms with van der Waals surface area (Å²) < 4.78 is 0. The van der Waals surface area contributed by atoms with Gasteiger partial charge in [0, 0.05) is 0 Å². The van der Waals surface area contributed by atoms with Crippen molar-refractivity contribution in [3.8, 4) is 0 Å². The maximum absolute atomic E-state index is 2.41. The summed E-state index contributed by atoms with van der Waals surface area (Å²) in [4.78, 5) is 0. The van der Waals surface area contributed by atoms with Gasteiger partial charge >= 0.3 is 0 Å². The lowest BCUT2D eigenvalue weighted by molar-refractivity contribution is 0.453. The van der Waals surface area contributed by atoms with Crippen LogP contribution in [-0.4, -0.2) is 0 Å². The Balaban J connectivity index is 2.50. The summed E-state index contributed by atoms with van der Waals surface area (Å²) in [6.45, 7) is 6.84. The molecule has 0 fully saturated rings. The second kappa shape index (κ2) is 3.84. The van der Waals surface area contributed by atoms with E-state index in [2.05, 4.69) is 51.1 Å². The van der Waals surface area contributed by atoms with Gasteiger partial charge in [-0.15, -0.1) is 0 Å². The SMILES string of the molecule is C/C=C1\CC(C)(CCC)c2ccccc21. The Morgan fingerprint density at radius 3 is 2.73 bits per heavy atom. The number of allylic oxidation sites excluding steroid dienone is 2. The summed E-state index contributed by atoms with van der Waals surface area (Å²) >= 11 is 0. The van der Waals surface area contributed by atoms with Crippen molar-refractivity contribution >= 4 is 5.57 Å². The van der Waals surface area contributed by atoms with E-state index < -0.39 is 0 Å². The minimum atomic E-state index is 0.382. The van der Waals surface area contributed by atoms with Crippen LogP contribution in [0.1, 0.15) is 51.2 Å². The van der Waals surface area contributed by atoms with Crippen LogP contribution in [0.25, 0.3) is 5.57 Å². The van der Waals surface area contributed by atoms with Crippen LogP contribution in [0.5, 0.6) is 0 Å². The van der Waals surface area contributed by atoms with Crippen molar-refractivity contribution in [1.29, 1.82) is 0 Å². The molecule has 0 heteroatoms. The predicted molar refractivity (Wildman–Crippen MR) is 67.0 cm³/mol. The molecule has 0 spiro atoms. The van der Waals surface area contributed by atoms with Gasteiger partial charge in [-0.3, -0.25) is 0 Å². The van der Waals surface area contributed by atoms with Gasteiger partial charge in [-0.1, -0.05) is 50.6 Å². The van der Waals surface area contributed by atoms with Gasteiger partial charge in [0.25, 0.3) is 0 Å². The maximum atomic E-state index is 2.41. The molecule has 1 atom stereocenters. The van der Waals surface area contributed by atoms with E-state index in [0.29, 0.717) is 5.41 Å². The van der Waals surface area contributed by atoms with Crippen LogP contribution >= 0.6 is 0 Å². The quantitative estimate of drug-likeness (QED) is 0.657. The molecule has 0 heterocycles. The van der Waals surface area contributed by atoms with Crippen LogP contribution in [0.3, 0.4) is 0 Å². The summed E-state index contributed by atoms with van der Waals surface area (Å²) in [7, 11) is 0. The number of benzene rings is 1. The lowest BCUT2D eigenvalue weighted by atomic mass is 9.80. The number of rotatable bonds is 2. The summed E-state index contributed by atoms with van der Waals surface area (Å²) in [5.41, 5.74) is 4.95. The molecule has 1 aliphatic carbocycles. The molecule has 15 heavy (non-hydrogen) atoms. The second-order valence-electron chi connectivity index (χ2n) is 4.85. The summed E-state index contributed by atoms with van der Waals surface area (Å²) in [5, 5.41) is 0. The Kier molecular flexibility index (Phi) is 2.68. The van der Waals surface area contributed by atoms with Crippen LogP contribution in [-0.2, 0) is 5.41 Å². The minimum Gasteiger partial charge on any atom is -0.0838 e.